The van der Waals surface area contributed by atoms with Crippen molar-refractivity contribution < 1.29 is 9.21 Å². The second-order valence-corrected chi connectivity index (χ2v) is 4.37. The molecule has 0 radical (unpaired) electrons. The largest absolute Gasteiger partial charge is 0.472 e. The van der Waals surface area contributed by atoms with Crippen LogP contribution in [0, 0.1) is 5.92 Å². The van der Waals surface area contributed by atoms with Gasteiger partial charge in [0.15, 0.2) is 0 Å². The van der Waals surface area contributed by atoms with Gasteiger partial charge in [-0.25, -0.2) is 0 Å². The van der Waals surface area contributed by atoms with Crippen LogP contribution in [0.4, 0.5) is 0 Å². The maximum Gasteiger partial charge on any atom is 0.240 e. The lowest BCUT2D eigenvalue weighted by molar-refractivity contribution is -0.126. The first-order chi connectivity index (χ1) is 7.10. The quantitative estimate of drug-likeness (QED) is 0.776. The van der Waals surface area contributed by atoms with Crippen molar-refractivity contribution >= 4 is 5.91 Å². The normalized spacial score (nSPS) is 19.6. The van der Waals surface area contributed by atoms with Crippen molar-refractivity contribution in [1.82, 2.24) is 5.32 Å². The summed E-state index contributed by atoms with van der Waals surface area (Å²) >= 11 is 0. The number of carbonyl (C=O) groups excluding carboxylic acids is 1. The molecule has 0 bridgehead atoms. The number of amides is 1. The van der Waals surface area contributed by atoms with Gasteiger partial charge in [0, 0.05) is 12.1 Å². The fourth-order valence-electron chi connectivity index (χ4n) is 1.63. The van der Waals surface area contributed by atoms with Crippen molar-refractivity contribution in [3.63, 3.8) is 0 Å². The molecule has 82 valence electrons. The minimum absolute atomic E-state index is 0.0776. The molecule has 1 heterocycles. The lowest BCUT2D eigenvalue weighted by Crippen LogP contribution is -2.53. The summed E-state index contributed by atoms with van der Waals surface area (Å²) in [5, 5.41) is 2.82. The van der Waals surface area contributed by atoms with E-state index in [9.17, 15) is 4.79 Å². The molecule has 4 nitrogen and oxygen atoms in total. The van der Waals surface area contributed by atoms with E-state index in [1.165, 1.54) is 0 Å². The molecule has 3 N–H and O–H groups in total. The van der Waals surface area contributed by atoms with Gasteiger partial charge in [0.2, 0.25) is 5.91 Å². The van der Waals surface area contributed by atoms with Crippen LogP contribution in [0.3, 0.4) is 0 Å². The van der Waals surface area contributed by atoms with Crippen molar-refractivity contribution in [3.8, 4) is 0 Å². The highest BCUT2D eigenvalue weighted by Gasteiger charge is 2.43. The molecule has 1 aromatic heterocycles. The van der Waals surface area contributed by atoms with Crippen molar-refractivity contribution in [2.24, 2.45) is 11.7 Å². The number of hydrogen-bond acceptors (Lipinski definition) is 3. The standard InChI is InChI=1S/C11H16N2O2/c1-11(12,9-2-3-9)10(14)13-6-8-4-5-15-7-8/h4-5,7,9H,2-3,6,12H2,1H3,(H,13,14). The zero-order valence-electron chi connectivity index (χ0n) is 8.82. The van der Waals surface area contributed by atoms with E-state index in [2.05, 4.69) is 5.32 Å². The molecule has 1 amide bonds. The van der Waals surface area contributed by atoms with E-state index in [4.69, 9.17) is 10.2 Å². The zero-order chi connectivity index (χ0) is 10.9. The minimum Gasteiger partial charge on any atom is -0.472 e. The van der Waals surface area contributed by atoms with Crippen LogP contribution in [0.1, 0.15) is 25.3 Å². The Labute approximate surface area is 88.8 Å². The molecule has 1 saturated carbocycles. The highest BCUT2D eigenvalue weighted by Crippen LogP contribution is 2.38. The zero-order valence-corrected chi connectivity index (χ0v) is 8.82. The fourth-order valence-corrected chi connectivity index (χ4v) is 1.63. The predicted octanol–water partition coefficient (Wildman–Crippen LogP) is 1.02. The molecule has 1 aromatic rings. The van der Waals surface area contributed by atoms with Crippen molar-refractivity contribution in [1.29, 1.82) is 0 Å². The third kappa shape index (κ3) is 2.21. The molecule has 0 aromatic carbocycles. The highest BCUT2D eigenvalue weighted by atomic mass is 16.3. The number of nitrogens with two attached hydrogens (primary N) is 1. The summed E-state index contributed by atoms with van der Waals surface area (Å²) in [5.41, 5.74) is 6.20. The fraction of sp³-hybridized carbons (Fsp3) is 0.545. The van der Waals surface area contributed by atoms with Gasteiger partial charge < -0.3 is 15.5 Å². The van der Waals surface area contributed by atoms with E-state index < -0.39 is 5.54 Å². The van der Waals surface area contributed by atoms with Gasteiger partial charge in [0.25, 0.3) is 0 Å². The number of hydrogen-bond donors (Lipinski definition) is 2. The van der Waals surface area contributed by atoms with Gasteiger partial charge in [0.05, 0.1) is 18.1 Å². The molecule has 1 fully saturated rings. The Morgan fingerprint density at radius 2 is 2.47 bits per heavy atom. The van der Waals surface area contributed by atoms with E-state index in [1.807, 2.05) is 6.07 Å². The summed E-state index contributed by atoms with van der Waals surface area (Å²) < 4.78 is 4.91. The molecule has 0 spiro atoms. The average Bonchev–Trinajstić information content (AvgIpc) is 2.94. The Kier molecular flexibility index (Phi) is 2.52. The van der Waals surface area contributed by atoms with Gasteiger partial charge in [-0.3, -0.25) is 4.79 Å². The van der Waals surface area contributed by atoms with Gasteiger partial charge >= 0.3 is 0 Å². The van der Waals surface area contributed by atoms with E-state index >= 15 is 0 Å². The first-order valence-corrected chi connectivity index (χ1v) is 5.19. The predicted molar refractivity (Wildman–Crippen MR) is 55.9 cm³/mol. The molecule has 15 heavy (non-hydrogen) atoms. The van der Waals surface area contributed by atoms with Gasteiger partial charge in [0.1, 0.15) is 0 Å². The Bertz CT molecular complexity index is 339. The smallest absolute Gasteiger partial charge is 0.240 e. The molecule has 1 atom stereocenters. The molecular weight excluding hydrogens is 192 g/mol. The summed E-state index contributed by atoms with van der Waals surface area (Å²) in [7, 11) is 0. The summed E-state index contributed by atoms with van der Waals surface area (Å²) in [6.07, 6.45) is 5.33. The maximum atomic E-state index is 11.8. The van der Waals surface area contributed by atoms with Gasteiger partial charge in [-0.1, -0.05) is 0 Å². The van der Waals surface area contributed by atoms with Crippen molar-refractivity contribution in [2.75, 3.05) is 0 Å². The number of furan rings is 1. The van der Waals surface area contributed by atoms with Crippen LogP contribution in [-0.4, -0.2) is 11.4 Å². The van der Waals surface area contributed by atoms with Gasteiger partial charge in [-0.2, -0.15) is 0 Å². The third-order valence-corrected chi connectivity index (χ3v) is 2.95. The average molecular weight is 208 g/mol. The van der Waals surface area contributed by atoms with E-state index in [0.717, 1.165) is 18.4 Å². The first-order valence-electron chi connectivity index (χ1n) is 5.19. The Balaban J connectivity index is 1.86. The topological polar surface area (TPSA) is 68.3 Å². The minimum atomic E-state index is -0.719. The maximum absolute atomic E-state index is 11.8. The van der Waals surface area contributed by atoms with Gasteiger partial charge in [-0.05, 0) is 31.7 Å². The molecule has 1 aliphatic rings. The van der Waals surface area contributed by atoms with E-state index in [-0.39, 0.29) is 5.91 Å². The van der Waals surface area contributed by atoms with E-state index in [1.54, 1.807) is 19.5 Å². The summed E-state index contributed by atoms with van der Waals surface area (Å²) in [6.45, 7) is 2.28. The summed E-state index contributed by atoms with van der Waals surface area (Å²) in [4.78, 5) is 11.8. The van der Waals surface area contributed by atoms with Crippen molar-refractivity contribution in [2.45, 2.75) is 31.8 Å². The molecule has 1 aliphatic carbocycles. The van der Waals surface area contributed by atoms with Crippen LogP contribution in [0.5, 0.6) is 0 Å². The van der Waals surface area contributed by atoms with E-state index in [0.29, 0.717) is 12.5 Å². The summed E-state index contributed by atoms with van der Waals surface area (Å²) in [5.74, 6) is 0.271. The van der Waals surface area contributed by atoms with Crippen LogP contribution in [0.25, 0.3) is 0 Å². The highest BCUT2D eigenvalue weighted by molar-refractivity contribution is 5.86. The molecule has 4 heteroatoms. The number of carbonyl (C=O) groups is 1. The molecule has 2 rings (SSSR count). The Hall–Kier alpha value is -1.29. The van der Waals surface area contributed by atoms with Crippen LogP contribution in [-0.2, 0) is 11.3 Å². The third-order valence-electron chi connectivity index (χ3n) is 2.95. The van der Waals surface area contributed by atoms with Crippen molar-refractivity contribution in [3.05, 3.63) is 24.2 Å². The van der Waals surface area contributed by atoms with Gasteiger partial charge in [-0.15, -0.1) is 0 Å². The first kappa shape index (κ1) is 10.2. The second-order valence-electron chi connectivity index (χ2n) is 4.37. The molecule has 0 aliphatic heterocycles. The SMILES string of the molecule is CC(N)(C(=O)NCc1ccoc1)C1CC1. The van der Waals surface area contributed by atoms with Crippen LogP contribution in [0.15, 0.2) is 23.0 Å². The lowest BCUT2D eigenvalue weighted by atomic mass is 9.96. The monoisotopic (exact) mass is 208 g/mol. The van der Waals surface area contributed by atoms with Crippen LogP contribution < -0.4 is 11.1 Å². The van der Waals surface area contributed by atoms with Crippen LogP contribution in [0.2, 0.25) is 0 Å². The Morgan fingerprint density at radius 3 is 3.00 bits per heavy atom. The lowest BCUT2D eigenvalue weighted by Gasteiger charge is -2.22. The molecule has 1 unspecified atom stereocenters. The number of nitrogens with one attached hydrogen (secondary N) is 1. The molecular formula is C11H16N2O2. The summed E-state index contributed by atoms with van der Waals surface area (Å²) in [6, 6.07) is 1.82. The van der Waals surface area contributed by atoms with Crippen LogP contribution >= 0.6 is 0 Å². The Morgan fingerprint density at radius 1 is 1.73 bits per heavy atom. The number of rotatable bonds is 4. The second kappa shape index (κ2) is 3.70. The molecule has 0 saturated heterocycles.